The van der Waals surface area contributed by atoms with Crippen molar-refractivity contribution >= 4 is 11.6 Å². The number of benzene rings is 1. The Kier molecular flexibility index (Phi) is 5.77. The van der Waals surface area contributed by atoms with Crippen molar-refractivity contribution in [1.29, 1.82) is 0 Å². The number of hydrogen-bond donors (Lipinski definition) is 1. The first-order valence-electron chi connectivity index (χ1n) is 9.90. The number of nitrogens with zero attached hydrogens (tertiary/aromatic N) is 3. The molecule has 1 saturated heterocycles. The van der Waals surface area contributed by atoms with Gasteiger partial charge in [0.1, 0.15) is 0 Å². The quantitative estimate of drug-likeness (QED) is 0.649. The van der Waals surface area contributed by atoms with Gasteiger partial charge >= 0.3 is 6.18 Å². The molecule has 2 aromatic heterocycles. The molecule has 3 heterocycles. The van der Waals surface area contributed by atoms with E-state index in [0.29, 0.717) is 28.6 Å². The molecule has 0 bridgehead atoms. The summed E-state index contributed by atoms with van der Waals surface area (Å²) < 4.78 is 45.1. The molecule has 0 saturated carbocycles. The van der Waals surface area contributed by atoms with Crippen LogP contribution in [-0.2, 0) is 10.9 Å². The highest BCUT2D eigenvalue weighted by atomic mass is 19.4. The van der Waals surface area contributed by atoms with Gasteiger partial charge in [0.15, 0.2) is 0 Å². The van der Waals surface area contributed by atoms with Crippen LogP contribution in [-0.4, -0.2) is 33.9 Å². The largest absolute Gasteiger partial charge is 0.416 e. The predicted molar refractivity (Wildman–Crippen MR) is 108 cm³/mol. The summed E-state index contributed by atoms with van der Waals surface area (Å²) in [5, 5.41) is 6.96. The Morgan fingerprint density at radius 1 is 1.10 bits per heavy atom. The lowest BCUT2D eigenvalue weighted by atomic mass is 9.96. The van der Waals surface area contributed by atoms with Crippen LogP contribution in [0.1, 0.15) is 46.1 Å². The molecule has 31 heavy (non-hydrogen) atoms. The van der Waals surface area contributed by atoms with Crippen molar-refractivity contribution in [3.05, 3.63) is 71.3 Å². The van der Waals surface area contributed by atoms with Crippen LogP contribution in [0.25, 0.3) is 5.69 Å². The van der Waals surface area contributed by atoms with Crippen molar-refractivity contribution in [3.8, 4) is 5.69 Å². The summed E-state index contributed by atoms with van der Waals surface area (Å²) in [5.41, 5.74) is 2.08. The summed E-state index contributed by atoms with van der Waals surface area (Å²) in [7, 11) is 0. The molecule has 6 nitrogen and oxygen atoms in total. The fraction of sp³-hybridized carbons (Fsp3) is 0.318. The number of anilines is 1. The van der Waals surface area contributed by atoms with Gasteiger partial charge in [-0.15, -0.1) is 0 Å². The zero-order valence-electron chi connectivity index (χ0n) is 16.8. The van der Waals surface area contributed by atoms with E-state index in [9.17, 15) is 18.0 Å². The Hall–Kier alpha value is -3.20. The van der Waals surface area contributed by atoms with E-state index in [1.807, 2.05) is 12.1 Å². The smallest absolute Gasteiger partial charge is 0.381 e. The molecule has 1 fully saturated rings. The Labute approximate surface area is 177 Å². The van der Waals surface area contributed by atoms with Crippen molar-refractivity contribution in [2.24, 2.45) is 0 Å². The Balaban J connectivity index is 1.46. The molecule has 1 aliphatic heterocycles. The lowest BCUT2D eigenvalue weighted by Gasteiger charge is -2.21. The fourth-order valence-electron chi connectivity index (χ4n) is 3.60. The van der Waals surface area contributed by atoms with Gasteiger partial charge in [-0.2, -0.15) is 18.3 Å². The summed E-state index contributed by atoms with van der Waals surface area (Å²) in [4.78, 5) is 17.2. The average Bonchev–Trinajstić information content (AvgIpc) is 3.16. The van der Waals surface area contributed by atoms with Crippen LogP contribution in [0.5, 0.6) is 0 Å². The Morgan fingerprint density at radius 3 is 2.42 bits per heavy atom. The predicted octanol–water partition coefficient (Wildman–Crippen LogP) is 4.74. The van der Waals surface area contributed by atoms with E-state index in [2.05, 4.69) is 15.4 Å². The maximum absolute atomic E-state index is 12.8. The van der Waals surface area contributed by atoms with E-state index < -0.39 is 11.7 Å². The van der Waals surface area contributed by atoms with Crippen molar-refractivity contribution in [1.82, 2.24) is 14.8 Å². The molecule has 0 radical (unpaired) electrons. The molecule has 1 amide bonds. The number of ether oxygens (including phenoxy) is 1. The first-order chi connectivity index (χ1) is 14.8. The fourth-order valence-corrected chi connectivity index (χ4v) is 3.60. The molecule has 9 heteroatoms. The maximum Gasteiger partial charge on any atom is 0.416 e. The third-order valence-corrected chi connectivity index (χ3v) is 5.38. The van der Waals surface area contributed by atoms with Crippen LogP contribution in [0.4, 0.5) is 18.9 Å². The lowest BCUT2D eigenvalue weighted by Crippen LogP contribution is -2.16. The van der Waals surface area contributed by atoms with Crippen LogP contribution in [0.15, 0.2) is 48.8 Å². The standard InChI is InChI=1S/C22H21F3N4O2/c1-14-19(13-27-29(14)18-5-2-16(3-6-18)22(23,24)25)21(30)28-17-4-7-20(26-12-17)15-8-10-31-11-9-15/h2-7,12-13,15H,8-11H2,1H3,(H,28,30). The molecule has 0 spiro atoms. The number of aromatic nitrogens is 3. The third-order valence-electron chi connectivity index (χ3n) is 5.38. The van der Waals surface area contributed by atoms with Gasteiger partial charge < -0.3 is 10.1 Å². The van der Waals surface area contributed by atoms with Gasteiger partial charge in [0.2, 0.25) is 0 Å². The molecule has 162 valence electrons. The van der Waals surface area contributed by atoms with Gasteiger partial charge in [-0.1, -0.05) is 0 Å². The van der Waals surface area contributed by atoms with E-state index in [1.54, 1.807) is 13.1 Å². The van der Waals surface area contributed by atoms with Gasteiger partial charge in [0, 0.05) is 24.8 Å². The number of carbonyl (C=O) groups is 1. The molecular weight excluding hydrogens is 409 g/mol. The summed E-state index contributed by atoms with van der Waals surface area (Å²) in [5.74, 6) is -0.000935. The molecule has 0 atom stereocenters. The number of carbonyl (C=O) groups excluding carboxylic acids is 1. The van der Waals surface area contributed by atoms with E-state index in [4.69, 9.17) is 4.74 Å². The maximum atomic E-state index is 12.8. The van der Waals surface area contributed by atoms with Crippen molar-refractivity contribution in [3.63, 3.8) is 0 Å². The van der Waals surface area contributed by atoms with Crippen molar-refractivity contribution in [2.75, 3.05) is 18.5 Å². The summed E-state index contributed by atoms with van der Waals surface area (Å²) in [6.07, 6.45) is 0.476. The molecule has 0 unspecified atom stereocenters. The van der Waals surface area contributed by atoms with Crippen LogP contribution in [0.3, 0.4) is 0 Å². The van der Waals surface area contributed by atoms with Gasteiger partial charge in [-0.05, 0) is 56.2 Å². The van der Waals surface area contributed by atoms with E-state index in [-0.39, 0.29) is 5.91 Å². The Morgan fingerprint density at radius 2 is 1.81 bits per heavy atom. The normalized spacial score (nSPS) is 15.1. The number of hydrogen-bond acceptors (Lipinski definition) is 4. The third kappa shape index (κ3) is 4.61. The molecule has 1 aromatic carbocycles. The van der Waals surface area contributed by atoms with E-state index in [0.717, 1.165) is 43.9 Å². The van der Waals surface area contributed by atoms with Crippen LogP contribution < -0.4 is 5.32 Å². The Bertz CT molecular complexity index is 1050. The number of alkyl halides is 3. The van der Waals surface area contributed by atoms with Crippen LogP contribution >= 0.6 is 0 Å². The second-order valence-corrected chi connectivity index (χ2v) is 7.41. The first-order valence-corrected chi connectivity index (χ1v) is 9.90. The zero-order chi connectivity index (χ0) is 22.0. The van der Waals surface area contributed by atoms with Crippen molar-refractivity contribution < 1.29 is 22.7 Å². The summed E-state index contributed by atoms with van der Waals surface area (Å²) >= 11 is 0. The van der Waals surface area contributed by atoms with Crippen LogP contribution in [0.2, 0.25) is 0 Å². The molecule has 1 aliphatic rings. The number of pyridine rings is 1. The first kappa shape index (κ1) is 21.0. The second kappa shape index (κ2) is 8.50. The highest BCUT2D eigenvalue weighted by Gasteiger charge is 2.30. The topological polar surface area (TPSA) is 69.0 Å². The van der Waals surface area contributed by atoms with Gasteiger partial charge in [-0.25, -0.2) is 4.68 Å². The van der Waals surface area contributed by atoms with Gasteiger partial charge in [0.05, 0.1) is 40.6 Å². The summed E-state index contributed by atoms with van der Waals surface area (Å²) in [6, 6.07) is 8.34. The van der Waals surface area contributed by atoms with E-state index >= 15 is 0 Å². The highest BCUT2D eigenvalue weighted by molar-refractivity contribution is 6.04. The van der Waals surface area contributed by atoms with E-state index in [1.165, 1.54) is 23.0 Å². The minimum Gasteiger partial charge on any atom is -0.381 e. The molecule has 0 aliphatic carbocycles. The SMILES string of the molecule is Cc1c(C(=O)Nc2ccc(C3CCOCC3)nc2)cnn1-c1ccc(C(F)(F)F)cc1. The zero-order valence-corrected chi connectivity index (χ0v) is 16.8. The number of nitrogens with one attached hydrogen (secondary N) is 1. The minimum atomic E-state index is -4.41. The second-order valence-electron chi connectivity index (χ2n) is 7.41. The molecule has 4 rings (SSSR count). The van der Waals surface area contributed by atoms with Crippen LogP contribution in [0, 0.1) is 6.92 Å². The minimum absolute atomic E-state index is 0.327. The monoisotopic (exact) mass is 430 g/mol. The number of rotatable bonds is 4. The summed E-state index contributed by atoms with van der Waals surface area (Å²) in [6.45, 7) is 3.14. The average molecular weight is 430 g/mol. The molecular formula is C22H21F3N4O2. The molecule has 3 aromatic rings. The number of halogens is 3. The highest BCUT2D eigenvalue weighted by Crippen LogP contribution is 2.30. The molecule has 1 N–H and O–H groups in total. The number of amides is 1. The van der Waals surface area contributed by atoms with Gasteiger partial charge in [0.25, 0.3) is 5.91 Å². The lowest BCUT2D eigenvalue weighted by molar-refractivity contribution is -0.137. The van der Waals surface area contributed by atoms with Crippen molar-refractivity contribution in [2.45, 2.75) is 31.9 Å². The van der Waals surface area contributed by atoms with Gasteiger partial charge in [-0.3, -0.25) is 9.78 Å².